The molecule has 0 aliphatic heterocycles. The Kier molecular flexibility index (Phi) is 6.67. The fourth-order valence-electron chi connectivity index (χ4n) is 2.44. The zero-order chi connectivity index (χ0) is 19.9. The van der Waals surface area contributed by atoms with Crippen LogP contribution in [0, 0.1) is 11.6 Å². The average Bonchev–Trinajstić information content (AvgIpc) is 3.12. The van der Waals surface area contributed by atoms with Crippen molar-refractivity contribution in [1.29, 1.82) is 0 Å². The smallest absolute Gasteiger partial charge is 0.240 e. The summed E-state index contributed by atoms with van der Waals surface area (Å²) in [6.45, 7) is 0.864. The van der Waals surface area contributed by atoms with Gasteiger partial charge in [-0.2, -0.15) is 0 Å². The Morgan fingerprint density at radius 2 is 1.93 bits per heavy atom. The van der Waals surface area contributed by atoms with Gasteiger partial charge in [-0.15, -0.1) is 11.3 Å². The summed E-state index contributed by atoms with van der Waals surface area (Å²) in [5.41, 5.74) is 1.45. The molecule has 3 rings (SSSR count). The minimum atomic E-state index is -0.413. The Morgan fingerprint density at radius 1 is 1.18 bits per heavy atom. The van der Waals surface area contributed by atoms with E-state index in [1.54, 1.807) is 47.7 Å². The van der Waals surface area contributed by atoms with E-state index in [1.165, 1.54) is 29.5 Å². The molecule has 0 aliphatic carbocycles. The van der Waals surface area contributed by atoms with E-state index < -0.39 is 5.82 Å². The van der Waals surface area contributed by atoms with Crippen LogP contribution in [0.3, 0.4) is 0 Å². The summed E-state index contributed by atoms with van der Waals surface area (Å²) in [5, 5.41) is 5.02. The van der Waals surface area contributed by atoms with Gasteiger partial charge in [-0.05, 0) is 43.4 Å². The number of amides is 1. The number of halogens is 2. The van der Waals surface area contributed by atoms with Crippen LogP contribution in [0.25, 0.3) is 11.3 Å². The minimum absolute atomic E-state index is 0.145. The molecule has 0 atom stereocenters. The molecule has 0 saturated carbocycles. The molecule has 5 nitrogen and oxygen atoms in total. The Morgan fingerprint density at radius 3 is 2.68 bits per heavy atom. The zero-order valence-electron chi connectivity index (χ0n) is 15.2. The molecule has 0 radical (unpaired) electrons. The first kappa shape index (κ1) is 19.9. The molecule has 8 heteroatoms. The van der Waals surface area contributed by atoms with Gasteiger partial charge in [0.25, 0.3) is 0 Å². The van der Waals surface area contributed by atoms with E-state index in [1.807, 2.05) is 0 Å². The third-order valence-electron chi connectivity index (χ3n) is 3.87. The lowest BCUT2D eigenvalue weighted by atomic mass is 10.2. The van der Waals surface area contributed by atoms with Gasteiger partial charge in [0.2, 0.25) is 5.91 Å². The lowest BCUT2D eigenvalue weighted by Crippen LogP contribution is -2.33. The number of thiazole rings is 1. The number of ether oxygens (including phenoxy) is 1. The molecule has 0 bridgehead atoms. The Hall–Kier alpha value is -2.84. The molecule has 1 N–H and O–H groups in total. The van der Waals surface area contributed by atoms with Crippen LogP contribution in [0.4, 0.5) is 13.9 Å². The highest BCUT2D eigenvalue weighted by molar-refractivity contribution is 7.14. The summed E-state index contributed by atoms with van der Waals surface area (Å²) in [6, 6.07) is 12.2. The largest absolute Gasteiger partial charge is 0.489 e. The van der Waals surface area contributed by atoms with Crippen LogP contribution in [0.2, 0.25) is 0 Å². The van der Waals surface area contributed by atoms with Crippen LogP contribution in [-0.4, -0.2) is 42.5 Å². The zero-order valence-corrected chi connectivity index (χ0v) is 16.0. The number of nitrogens with one attached hydrogen (secondary N) is 1. The van der Waals surface area contributed by atoms with Gasteiger partial charge in [-0.25, -0.2) is 13.8 Å². The van der Waals surface area contributed by atoms with Crippen molar-refractivity contribution in [2.45, 2.75) is 0 Å². The molecular formula is C20H19F2N3O2S. The molecule has 2 aromatic carbocycles. The lowest BCUT2D eigenvalue weighted by molar-refractivity contribution is -0.117. The third kappa shape index (κ3) is 5.58. The summed E-state index contributed by atoms with van der Waals surface area (Å²) in [6.07, 6.45) is 0. The van der Waals surface area contributed by atoms with E-state index in [4.69, 9.17) is 4.74 Å². The van der Waals surface area contributed by atoms with Crippen LogP contribution in [-0.2, 0) is 4.79 Å². The number of rotatable bonds is 8. The van der Waals surface area contributed by atoms with Gasteiger partial charge >= 0.3 is 0 Å². The van der Waals surface area contributed by atoms with Crippen molar-refractivity contribution in [2.75, 3.05) is 32.1 Å². The third-order valence-corrected chi connectivity index (χ3v) is 4.63. The predicted molar refractivity (Wildman–Crippen MR) is 106 cm³/mol. The van der Waals surface area contributed by atoms with E-state index in [0.717, 1.165) is 5.56 Å². The SMILES string of the molecule is CN(CCOc1ccccc1F)CC(=O)Nc1nc(-c2ccc(F)cc2)cs1. The molecular weight excluding hydrogens is 384 g/mol. The summed E-state index contributed by atoms with van der Waals surface area (Å²) in [5.74, 6) is -0.747. The predicted octanol–water partition coefficient (Wildman–Crippen LogP) is 4.04. The fraction of sp³-hybridized carbons (Fsp3) is 0.200. The van der Waals surface area contributed by atoms with Crippen molar-refractivity contribution in [2.24, 2.45) is 0 Å². The maximum Gasteiger partial charge on any atom is 0.240 e. The topological polar surface area (TPSA) is 54.5 Å². The standard InChI is InChI=1S/C20H19F2N3O2S/c1-25(10-11-27-18-5-3-2-4-16(18)22)12-19(26)24-20-23-17(13-28-20)14-6-8-15(21)9-7-14/h2-9,13H,10-12H2,1H3,(H,23,24,26). The molecule has 1 amide bonds. The average molecular weight is 403 g/mol. The van der Waals surface area contributed by atoms with Gasteiger partial charge in [-0.1, -0.05) is 12.1 Å². The Balaban J connectivity index is 1.45. The van der Waals surface area contributed by atoms with Crippen molar-refractivity contribution in [3.05, 3.63) is 65.5 Å². The van der Waals surface area contributed by atoms with Crippen molar-refractivity contribution in [3.63, 3.8) is 0 Å². The van der Waals surface area contributed by atoms with E-state index in [2.05, 4.69) is 10.3 Å². The number of likely N-dealkylation sites (N-methyl/N-ethyl adjacent to an activating group) is 1. The highest BCUT2D eigenvalue weighted by atomic mass is 32.1. The van der Waals surface area contributed by atoms with Crippen LogP contribution < -0.4 is 10.1 Å². The van der Waals surface area contributed by atoms with Gasteiger partial charge in [0, 0.05) is 17.5 Å². The lowest BCUT2D eigenvalue weighted by Gasteiger charge is -2.16. The van der Waals surface area contributed by atoms with Crippen LogP contribution in [0.5, 0.6) is 5.75 Å². The number of carbonyl (C=O) groups excluding carboxylic acids is 1. The first-order chi connectivity index (χ1) is 13.5. The number of nitrogens with zero attached hydrogens (tertiary/aromatic N) is 2. The number of anilines is 1. The molecule has 0 aliphatic rings. The Labute approximate surface area is 165 Å². The summed E-state index contributed by atoms with van der Waals surface area (Å²) in [7, 11) is 1.77. The fourth-order valence-corrected chi connectivity index (χ4v) is 3.18. The first-order valence-corrected chi connectivity index (χ1v) is 9.46. The molecule has 0 unspecified atom stereocenters. The summed E-state index contributed by atoms with van der Waals surface area (Å²) in [4.78, 5) is 18.3. The van der Waals surface area contributed by atoms with Crippen molar-refractivity contribution >= 4 is 22.4 Å². The van der Waals surface area contributed by atoms with Gasteiger partial charge < -0.3 is 10.1 Å². The molecule has 28 heavy (non-hydrogen) atoms. The molecule has 0 spiro atoms. The second kappa shape index (κ2) is 9.38. The number of hydrogen-bond donors (Lipinski definition) is 1. The molecule has 1 aromatic heterocycles. The number of aromatic nitrogens is 1. The van der Waals surface area contributed by atoms with Gasteiger partial charge in [0.05, 0.1) is 12.2 Å². The number of benzene rings is 2. The second-order valence-corrected chi connectivity index (χ2v) is 6.97. The first-order valence-electron chi connectivity index (χ1n) is 8.58. The van der Waals surface area contributed by atoms with Crippen molar-refractivity contribution < 1.29 is 18.3 Å². The monoisotopic (exact) mass is 403 g/mol. The van der Waals surface area contributed by atoms with Crippen LogP contribution in [0.1, 0.15) is 0 Å². The molecule has 1 heterocycles. The normalized spacial score (nSPS) is 10.9. The molecule has 0 fully saturated rings. The molecule has 146 valence electrons. The quantitative estimate of drug-likeness (QED) is 0.617. The maximum absolute atomic E-state index is 13.5. The van der Waals surface area contributed by atoms with Crippen molar-refractivity contribution in [1.82, 2.24) is 9.88 Å². The number of para-hydroxylation sites is 1. The van der Waals surface area contributed by atoms with E-state index >= 15 is 0 Å². The summed E-state index contributed by atoms with van der Waals surface area (Å²) >= 11 is 1.30. The van der Waals surface area contributed by atoms with Crippen molar-refractivity contribution in [3.8, 4) is 17.0 Å². The molecule has 3 aromatic rings. The number of carbonyl (C=O) groups is 1. The summed E-state index contributed by atoms with van der Waals surface area (Å²) < 4.78 is 31.9. The minimum Gasteiger partial charge on any atom is -0.489 e. The van der Waals surface area contributed by atoms with Gasteiger partial charge in [0.15, 0.2) is 16.7 Å². The molecule has 0 saturated heterocycles. The second-order valence-electron chi connectivity index (χ2n) is 6.11. The maximum atomic E-state index is 13.5. The van der Waals surface area contributed by atoms with E-state index in [9.17, 15) is 13.6 Å². The van der Waals surface area contributed by atoms with Crippen LogP contribution >= 0.6 is 11.3 Å². The van der Waals surface area contributed by atoms with E-state index in [0.29, 0.717) is 17.4 Å². The van der Waals surface area contributed by atoms with Crippen LogP contribution in [0.15, 0.2) is 53.9 Å². The Bertz CT molecular complexity index is 931. The van der Waals surface area contributed by atoms with Gasteiger partial charge in [0.1, 0.15) is 12.4 Å². The highest BCUT2D eigenvalue weighted by Gasteiger charge is 2.11. The number of hydrogen-bond acceptors (Lipinski definition) is 5. The highest BCUT2D eigenvalue weighted by Crippen LogP contribution is 2.25. The van der Waals surface area contributed by atoms with E-state index in [-0.39, 0.29) is 30.6 Å². The van der Waals surface area contributed by atoms with Gasteiger partial charge in [-0.3, -0.25) is 9.69 Å².